The van der Waals surface area contributed by atoms with Crippen LogP contribution in [0.3, 0.4) is 0 Å². The fourth-order valence-corrected chi connectivity index (χ4v) is 6.76. The third-order valence-corrected chi connectivity index (χ3v) is 8.85. The average molecular weight is 497 g/mol. The van der Waals surface area contributed by atoms with E-state index in [0.717, 1.165) is 0 Å². The molecule has 0 atom stereocenters. The van der Waals surface area contributed by atoms with E-state index < -0.39 is 0 Å². The molecule has 0 heteroatoms. The molecule has 0 saturated carbocycles. The Morgan fingerprint density at radius 2 is 1.15 bits per heavy atom. The lowest BCUT2D eigenvalue weighted by molar-refractivity contribution is 0.660. The van der Waals surface area contributed by atoms with E-state index in [0.29, 0.717) is 0 Å². The molecule has 1 aliphatic carbocycles. The van der Waals surface area contributed by atoms with Gasteiger partial charge < -0.3 is 0 Å². The lowest BCUT2D eigenvalue weighted by Crippen LogP contribution is -2.14. The number of fused-ring (bicyclic) bond motifs is 3. The van der Waals surface area contributed by atoms with E-state index in [-0.39, 0.29) is 5.41 Å². The van der Waals surface area contributed by atoms with Crippen LogP contribution in [0, 0.1) is 0 Å². The number of hydrogen-bond acceptors (Lipinski definition) is 0. The summed E-state index contributed by atoms with van der Waals surface area (Å²) in [5.74, 6) is 0. The normalized spacial score (nSPS) is 14.0. The predicted molar refractivity (Wildman–Crippen MR) is 169 cm³/mol. The number of rotatable bonds is 3. The van der Waals surface area contributed by atoms with Crippen molar-refractivity contribution in [2.75, 3.05) is 0 Å². The molecule has 0 spiro atoms. The summed E-state index contributed by atoms with van der Waals surface area (Å²) in [6.07, 6.45) is 4.49. The lowest BCUT2D eigenvalue weighted by Gasteiger charge is -2.22. The maximum Gasteiger partial charge on any atom is 0.0159 e. The minimum atomic E-state index is 0.0191. The summed E-state index contributed by atoms with van der Waals surface area (Å²) in [6, 6.07) is 44.9. The second-order valence-corrected chi connectivity index (χ2v) is 11.4. The molecule has 0 nitrogen and oxygen atoms in total. The Kier molecular flexibility index (Phi) is 4.67. The zero-order chi connectivity index (χ0) is 26.1. The maximum absolute atomic E-state index is 2.39. The van der Waals surface area contributed by atoms with Crippen molar-refractivity contribution in [2.45, 2.75) is 19.3 Å². The Labute approximate surface area is 229 Å². The number of hydrogen-bond donors (Lipinski definition) is 0. The van der Waals surface area contributed by atoms with Gasteiger partial charge in [-0.3, -0.25) is 0 Å². The van der Waals surface area contributed by atoms with Gasteiger partial charge in [-0.1, -0.05) is 141 Å². The highest BCUT2D eigenvalue weighted by Gasteiger charge is 2.35. The topological polar surface area (TPSA) is 0 Å². The van der Waals surface area contributed by atoms with Crippen LogP contribution in [0.5, 0.6) is 0 Å². The van der Waals surface area contributed by atoms with E-state index in [1.165, 1.54) is 76.8 Å². The summed E-state index contributed by atoms with van der Waals surface area (Å²) in [5.41, 5.74) is 10.6. The van der Waals surface area contributed by atoms with Crippen molar-refractivity contribution >= 4 is 44.5 Å². The van der Waals surface area contributed by atoms with Crippen LogP contribution in [0.1, 0.15) is 36.1 Å². The summed E-state index contributed by atoms with van der Waals surface area (Å²) in [7, 11) is 0. The molecule has 0 amide bonds. The van der Waals surface area contributed by atoms with E-state index in [1.54, 1.807) is 0 Å². The third-order valence-electron chi connectivity index (χ3n) is 8.85. The van der Waals surface area contributed by atoms with Gasteiger partial charge in [-0.15, -0.1) is 0 Å². The van der Waals surface area contributed by atoms with Crippen LogP contribution < -0.4 is 0 Å². The standard InChI is InChI=1S/C39H28/c1-39(2)35-9-4-3-8-33(35)34-23-21-31(24-36(34)39)26-13-10-25(11-14-26)12-15-27-16-17-30-19-18-28-6-5-7-29-20-22-32(27)38(30)37(28)29/h3-24H,1-2H3. The Bertz CT molecular complexity index is 2050. The maximum atomic E-state index is 2.39. The Hall–Kier alpha value is -4.68. The van der Waals surface area contributed by atoms with Crippen LogP contribution in [0.15, 0.2) is 121 Å². The van der Waals surface area contributed by atoms with Crippen molar-refractivity contribution in [3.05, 3.63) is 144 Å². The van der Waals surface area contributed by atoms with Gasteiger partial charge in [-0.25, -0.2) is 0 Å². The van der Waals surface area contributed by atoms with Crippen LogP contribution in [-0.4, -0.2) is 0 Å². The molecule has 39 heavy (non-hydrogen) atoms. The highest BCUT2D eigenvalue weighted by molar-refractivity contribution is 6.24. The average Bonchev–Trinajstić information content (AvgIpc) is 3.21. The van der Waals surface area contributed by atoms with Crippen molar-refractivity contribution in [1.82, 2.24) is 0 Å². The van der Waals surface area contributed by atoms with E-state index in [4.69, 9.17) is 0 Å². The van der Waals surface area contributed by atoms with E-state index in [9.17, 15) is 0 Å². The highest BCUT2D eigenvalue weighted by Crippen LogP contribution is 2.49. The zero-order valence-corrected chi connectivity index (χ0v) is 22.2. The van der Waals surface area contributed by atoms with Crippen molar-refractivity contribution < 1.29 is 0 Å². The molecule has 0 aliphatic heterocycles. The number of benzene rings is 7. The monoisotopic (exact) mass is 496 g/mol. The van der Waals surface area contributed by atoms with E-state index in [2.05, 4.69) is 147 Å². The fourth-order valence-electron chi connectivity index (χ4n) is 6.76. The molecular weight excluding hydrogens is 468 g/mol. The Morgan fingerprint density at radius 1 is 0.487 bits per heavy atom. The first-order chi connectivity index (χ1) is 19.1. The first-order valence-electron chi connectivity index (χ1n) is 13.8. The van der Waals surface area contributed by atoms with E-state index in [1.807, 2.05) is 0 Å². The quantitative estimate of drug-likeness (QED) is 0.169. The predicted octanol–water partition coefficient (Wildman–Crippen LogP) is 10.7. The molecule has 0 N–H and O–H groups in total. The molecule has 0 bridgehead atoms. The molecule has 0 fully saturated rings. The third kappa shape index (κ3) is 3.31. The largest absolute Gasteiger partial charge is 0.0619 e. The summed E-state index contributed by atoms with van der Waals surface area (Å²) in [5, 5.41) is 7.96. The Balaban J connectivity index is 1.13. The zero-order valence-electron chi connectivity index (χ0n) is 22.2. The van der Waals surface area contributed by atoms with Crippen molar-refractivity contribution in [2.24, 2.45) is 0 Å². The van der Waals surface area contributed by atoms with Gasteiger partial charge in [0, 0.05) is 5.41 Å². The van der Waals surface area contributed by atoms with Crippen LogP contribution in [0.25, 0.3) is 66.7 Å². The van der Waals surface area contributed by atoms with Gasteiger partial charge in [0.05, 0.1) is 0 Å². The molecule has 0 saturated heterocycles. The van der Waals surface area contributed by atoms with Gasteiger partial charge in [0.2, 0.25) is 0 Å². The molecule has 7 aromatic carbocycles. The van der Waals surface area contributed by atoms with Gasteiger partial charge in [0.1, 0.15) is 0 Å². The summed E-state index contributed by atoms with van der Waals surface area (Å²) >= 11 is 0. The second kappa shape index (κ2) is 8.16. The fraction of sp³-hybridized carbons (Fsp3) is 0.0769. The van der Waals surface area contributed by atoms with Crippen LogP contribution >= 0.6 is 0 Å². The van der Waals surface area contributed by atoms with E-state index >= 15 is 0 Å². The van der Waals surface area contributed by atoms with Gasteiger partial charge in [-0.2, -0.15) is 0 Å². The molecule has 0 radical (unpaired) electrons. The molecule has 0 aromatic heterocycles. The molecule has 1 aliphatic rings. The van der Waals surface area contributed by atoms with Gasteiger partial charge in [0.15, 0.2) is 0 Å². The summed E-state index contributed by atoms with van der Waals surface area (Å²) in [6.45, 7) is 4.68. The SMILES string of the molecule is CC1(C)c2ccccc2-c2ccc(-c3ccc(C=Cc4ccc5ccc6cccc7ccc4c5c67)cc3)cc21. The molecule has 0 unspecified atom stereocenters. The van der Waals surface area contributed by atoms with Crippen LogP contribution in [0.2, 0.25) is 0 Å². The summed E-state index contributed by atoms with van der Waals surface area (Å²) < 4.78 is 0. The minimum absolute atomic E-state index is 0.0191. The van der Waals surface area contributed by atoms with Crippen LogP contribution in [-0.2, 0) is 5.41 Å². The second-order valence-electron chi connectivity index (χ2n) is 11.4. The van der Waals surface area contributed by atoms with Gasteiger partial charge in [0.25, 0.3) is 0 Å². The first kappa shape index (κ1) is 22.3. The molecular formula is C39H28. The van der Waals surface area contributed by atoms with Gasteiger partial charge in [-0.05, 0) is 82.9 Å². The van der Waals surface area contributed by atoms with Crippen molar-refractivity contribution in [1.29, 1.82) is 0 Å². The van der Waals surface area contributed by atoms with Gasteiger partial charge >= 0.3 is 0 Å². The molecule has 8 rings (SSSR count). The lowest BCUT2D eigenvalue weighted by atomic mass is 9.81. The molecule has 7 aromatic rings. The van der Waals surface area contributed by atoms with Crippen molar-refractivity contribution in [3.8, 4) is 22.3 Å². The molecule has 184 valence electrons. The molecule has 0 heterocycles. The smallest absolute Gasteiger partial charge is 0.0159 e. The summed E-state index contributed by atoms with van der Waals surface area (Å²) in [4.78, 5) is 0. The Morgan fingerprint density at radius 3 is 1.97 bits per heavy atom. The highest BCUT2D eigenvalue weighted by atomic mass is 14.4. The minimum Gasteiger partial charge on any atom is -0.0619 e. The van der Waals surface area contributed by atoms with Crippen molar-refractivity contribution in [3.63, 3.8) is 0 Å². The van der Waals surface area contributed by atoms with Crippen LogP contribution in [0.4, 0.5) is 0 Å². The first-order valence-corrected chi connectivity index (χ1v) is 13.8.